The van der Waals surface area contributed by atoms with Crippen molar-refractivity contribution in [3.8, 4) is 11.3 Å². The highest BCUT2D eigenvalue weighted by Crippen LogP contribution is 2.35. The van der Waals surface area contributed by atoms with Crippen LogP contribution in [0.4, 0.5) is 0 Å². The van der Waals surface area contributed by atoms with Crippen LogP contribution in [0.2, 0.25) is 4.47 Å². The monoisotopic (exact) mass is 237 g/mol. The van der Waals surface area contributed by atoms with Crippen molar-refractivity contribution in [2.24, 2.45) is 0 Å². The van der Waals surface area contributed by atoms with Gasteiger partial charge in [-0.25, -0.2) is 4.98 Å². The number of nitrogens with zero attached hydrogens (tertiary/aromatic N) is 1. The smallest absolute Gasteiger partial charge is 0.184 e. The Bertz CT molecular complexity index is 448. The summed E-state index contributed by atoms with van der Waals surface area (Å²) >= 11 is 7.54. The normalized spacial score (nSPS) is 10.9. The number of thiazole rings is 1. The lowest BCUT2D eigenvalue weighted by atomic mass is 10.1. The molecular weight excluding hydrogens is 226 g/mol. The van der Waals surface area contributed by atoms with Crippen molar-refractivity contribution < 1.29 is 0 Å². The first-order valence-corrected chi connectivity index (χ1v) is 6.09. The van der Waals surface area contributed by atoms with Crippen LogP contribution in [0.15, 0.2) is 30.3 Å². The third kappa shape index (κ3) is 2.21. The number of hydrogen-bond acceptors (Lipinski definition) is 2. The van der Waals surface area contributed by atoms with E-state index >= 15 is 0 Å². The van der Waals surface area contributed by atoms with E-state index in [1.807, 2.05) is 18.2 Å². The molecule has 0 spiro atoms. The van der Waals surface area contributed by atoms with Gasteiger partial charge < -0.3 is 0 Å². The van der Waals surface area contributed by atoms with Crippen LogP contribution in [-0.4, -0.2) is 4.98 Å². The van der Waals surface area contributed by atoms with E-state index in [2.05, 4.69) is 31.0 Å². The number of benzene rings is 1. The first kappa shape index (κ1) is 10.7. The van der Waals surface area contributed by atoms with E-state index in [1.54, 1.807) is 11.3 Å². The van der Waals surface area contributed by atoms with Crippen LogP contribution in [0.5, 0.6) is 0 Å². The second kappa shape index (κ2) is 4.33. The molecule has 15 heavy (non-hydrogen) atoms. The summed E-state index contributed by atoms with van der Waals surface area (Å²) in [5.74, 6) is 0.463. The van der Waals surface area contributed by atoms with Gasteiger partial charge in [-0.15, -0.1) is 11.3 Å². The predicted octanol–water partition coefficient (Wildman–Crippen LogP) is 4.59. The third-order valence-electron chi connectivity index (χ3n) is 2.20. The van der Waals surface area contributed by atoms with Gasteiger partial charge in [-0.05, 0) is 5.92 Å². The minimum absolute atomic E-state index is 0.463. The van der Waals surface area contributed by atoms with E-state index in [-0.39, 0.29) is 0 Å². The van der Waals surface area contributed by atoms with Gasteiger partial charge in [0.15, 0.2) is 4.47 Å². The molecule has 2 rings (SSSR count). The second-order valence-corrected chi connectivity index (χ2v) is 5.31. The lowest BCUT2D eigenvalue weighted by Gasteiger charge is -2.04. The van der Waals surface area contributed by atoms with Crippen molar-refractivity contribution in [1.29, 1.82) is 0 Å². The molecule has 0 amide bonds. The number of aromatic nitrogens is 1. The van der Waals surface area contributed by atoms with Crippen molar-refractivity contribution in [3.63, 3.8) is 0 Å². The molecule has 0 aliphatic rings. The molecule has 1 heterocycles. The molecule has 0 aliphatic carbocycles. The topological polar surface area (TPSA) is 12.9 Å². The Morgan fingerprint density at radius 2 is 1.87 bits per heavy atom. The van der Waals surface area contributed by atoms with Gasteiger partial charge in [-0.1, -0.05) is 55.8 Å². The molecule has 1 aromatic carbocycles. The molecule has 0 saturated carbocycles. The van der Waals surface area contributed by atoms with E-state index in [0.717, 1.165) is 11.3 Å². The first-order valence-electron chi connectivity index (χ1n) is 4.90. The minimum Gasteiger partial charge on any atom is -0.225 e. The summed E-state index contributed by atoms with van der Waals surface area (Å²) in [5, 5.41) is 0. The highest BCUT2D eigenvalue weighted by Gasteiger charge is 2.14. The SMILES string of the molecule is CC(C)c1sc(Cl)nc1-c1ccccc1. The van der Waals surface area contributed by atoms with Crippen LogP contribution in [-0.2, 0) is 0 Å². The van der Waals surface area contributed by atoms with Crippen LogP contribution < -0.4 is 0 Å². The van der Waals surface area contributed by atoms with E-state index in [4.69, 9.17) is 11.6 Å². The Kier molecular flexibility index (Phi) is 3.08. The fraction of sp³-hybridized carbons (Fsp3) is 0.250. The van der Waals surface area contributed by atoms with Crippen LogP contribution in [0.1, 0.15) is 24.6 Å². The van der Waals surface area contributed by atoms with Gasteiger partial charge in [0.05, 0.1) is 5.69 Å². The number of hydrogen-bond donors (Lipinski definition) is 0. The second-order valence-electron chi connectivity index (χ2n) is 3.70. The van der Waals surface area contributed by atoms with Crippen LogP contribution in [0.25, 0.3) is 11.3 Å². The van der Waals surface area contributed by atoms with Crippen molar-refractivity contribution >= 4 is 22.9 Å². The van der Waals surface area contributed by atoms with E-state index < -0.39 is 0 Å². The van der Waals surface area contributed by atoms with E-state index in [0.29, 0.717) is 10.4 Å². The molecule has 1 aromatic heterocycles. The molecule has 0 aliphatic heterocycles. The zero-order valence-corrected chi connectivity index (χ0v) is 10.3. The average Bonchev–Trinajstić information content (AvgIpc) is 2.62. The molecule has 0 bridgehead atoms. The highest BCUT2D eigenvalue weighted by atomic mass is 35.5. The van der Waals surface area contributed by atoms with Gasteiger partial charge in [0.1, 0.15) is 0 Å². The molecular formula is C12H12ClNS. The molecule has 2 aromatic rings. The maximum absolute atomic E-state index is 5.97. The van der Waals surface area contributed by atoms with E-state index in [9.17, 15) is 0 Å². The fourth-order valence-corrected chi connectivity index (χ4v) is 2.65. The summed E-state index contributed by atoms with van der Waals surface area (Å²) in [6.45, 7) is 4.33. The summed E-state index contributed by atoms with van der Waals surface area (Å²) in [6.07, 6.45) is 0. The molecule has 1 nitrogen and oxygen atoms in total. The quantitative estimate of drug-likeness (QED) is 0.745. The zero-order chi connectivity index (χ0) is 10.8. The summed E-state index contributed by atoms with van der Waals surface area (Å²) in [7, 11) is 0. The Morgan fingerprint density at radius 1 is 1.20 bits per heavy atom. The molecule has 0 saturated heterocycles. The summed E-state index contributed by atoms with van der Waals surface area (Å²) in [6, 6.07) is 10.2. The Labute approximate surface area is 98.7 Å². The standard InChI is InChI=1S/C12H12ClNS/c1-8(2)11-10(14-12(13)15-11)9-6-4-3-5-7-9/h3-8H,1-2H3. The minimum atomic E-state index is 0.463. The molecule has 0 unspecified atom stereocenters. The Balaban J connectivity index is 2.53. The van der Waals surface area contributed by atoms with Gasteiger partial charge in [-0.3, -0.25) is 0 Å². The van der Waals surface area contributed by atoms with E-state index in [1.165, 1.54) is 4.88 Å². The molecule has 0 fully saturated rings. The fourth-order valence-electron chi connectivity index (χ4n) is 1.50. The zero-order valence-electron chi connectivity index (χ0n) is 8.70. The van der Waals surface area contributed by atoms with Crippen molar-refractivity contribution in [3.05, 3.63) is 39.7 Å². The van der Waals surface area contributed by atoms with Crippen LogP contribution in [0.3, 0.4) is 0 Å². The summed E-state index contributed by atoms with van der Waals surface area (Å²) in [5.41, 5.74) is 2.17. The third-order valence-corrected chi connectivity index (χ3v) is 3.66. The van der Waals surface area contributed by atoms with Crippen molar-refractivity contribution in [1.82, 2.24) is 4.98 Å². The van der Waals surface area contributed by atoms with Crippen molar-refractivity contribution in [2.75, 3.05) is 0 Å². The lowest BCUT2D eigenvalue weighted by molar-refractivity contribution is 0.888. The molecule has 0 N–H and O–H groups in total. The van der Waals surface area contributed by atoms with Gasteiger partial charge >= 0.3 is 0 Å². The Morgan fingerprint density at radius 3 is 2.47 bits per heavy atom. The van der Waals surface area contributed by atoms with Gasteiger partial charge in [-0.2, -0.15) is 0 Å². The van der Waals surface area contributed by atoms with Crippen molar-refractivity contribution in [2.45, 2.75) is 19.8 Å². The van der Waals surface area contributed by atoms with Crippen LogP contribution >= 0.6 is 22.9 Å². The first-order chi connectivity index (χ1) is 7.18. The largest absolute Gasteiger partial charge is 0.225 e. The summed E-state index contributed by atoms with van der Waals surface area (Å²) in [4.78, 5) is 5.64. The molecule has 0 radical (unpaired) electrons. The molecule has 78 valence electrons. The molecule has 3 heteroatoms. The van der Waals surface area contributed by atoms with Gasteiger partial charge in [0.2, 0.25) is 0 Å². The number of rotatable bonds is 2. The van der Waals surface area contributed by atoms with Gasteiger partial charge in [0.25, 0.3) is 0 Å². The predicted molar refractivity (Wildman–Crippen MR) is 66.6 cm³/mol. The maximum atomic E-state index is 5.97. The molecule has 0 atom stereocenters. The average molecular weight is 238 g/mol. The Hall–Kier alpha value is -0.860. The lowest BCUT2D eigenvalue weighted by Crippen LogP contribution is -1.87. The summed E-state index contributed by atoms with van der Waals surface area (Å²) < 4.78 is 0.623. The van der Waals surface area contributed by atoms with Gasteiger partial charge in [0, 0.05) is 10.4 Å². The number of halogens is 1. The van der Waals surface area contributed by atoms with Crippen LogP contribution in [0, 0.1) is 0 Å². The highest BCUT2D eigenvalue weighted by molar-refractivity contribution is 7.16. The maximum Gasteiger partial charge on any atom is 0.184 e.